The molecule has 0 aliphatic heterocycles. The van der Waals surface area contributed by atoms with Crippen LogP contribution in [0.2, 0.25) is 0 Å². The average molecular weight is 402 g/mol. The van der Waals surface area contributed by atoms with E-state index < -0.39 is 18.5 Å². The third-order valence-electron chi connectivity index (χ3n) is 4.64. The van der Waals surface area contributed by atoms with Gasteiger partial charge in [0.05, 0.1) is 13.7 Å². The van der Waals surface area contributed by atoms with Crippen molar-refractivity contribution in [3.63, 3.8) is 0 Å². The Morgan fingerprint density at radius 2 is 1.93 bits per heavy atom. The van der Waals surface area contributed by atoms with Gasteiger partial charge in [-0.15, -0.1) is 11.3 Å². The van der Waals surface area contributed by atoms with E-state index in [1.165, 1.54) is 35.9 Å². The van der Waals surface area contributed by atoms with Crippen molar-refractivity contribution >= 4 is 29.1 Å². The Morgan fingerprint density at radius 1 is 1.18 bits per heavy atom. The molecule has 0 bridgehead atoms. The lowest BCUT2D eigenvalue weighted by Gasteiger charge is -2.16. The highest BCUT2D eigenvalue weighted by Gasteiger charge is 2.23. The molecule has 0 fully saturated rings. The number of carbonyl (C=O) groups is 3. The maximum Gasteiger partial charge on any atom is 0.348 e. The van der Waals surface area contributed by atoms with Crippen LogP contribution in [0.25, 0.3) is 10.4 Å². The molecule has 2 amide bonds. The van der Waals surface area contributed by atoms with Gasteiger partial charge in [0.1, 0.15) is 10.6 Å². The predicted molar refractivity (Wildman–Crippen MR) is 106 cm³/mol. The lowest BCUT2D eigenvalue weighted by molar-refractivity contribution is -0.137. The van der Waals surface area contributed by atoms with Crippen molar-refractivity contribution in [1.29, 1.82) is 0 Å². The van der Waals surface area contributed by atoms with Crippen molar-refractivity contribution in [2.45, 2.75) is 12.8 Å². The predicted octanol–water partition coefficient (Wildman–Crippen LogP) is 1.88. The first-order chi connectivity index (χ1) is 13.4. The molecule has 0 atom stereocenters. The number of nitrogens with one attached hydrogen (secondary N) is 1. The molecule has 0 radical (unpaired) electrons. The summed E-state index contributed by atoms with van der Waals surface area (Å²) in [5.74, 6) is -0.437. The molecule has 148 valence electrons. The molecule has 2 aromatic rings. The molecule has 28 heavy (non-hydrogen) atoms. The first-order valence-electron chi connectivity index (χ1n) is 8.84. The van der Waals surface area contributed by atoms with Gasteiger partial charge in [-0.3, -0.25) is 9.59 Å². The van der Waals surface area contributed by atoms with Crippen LogP contribution in [0.4, 0.5) is 0 Å². The van der Waals surface area contributed by atoms with E-state index in [0.717, 1.165) is 34.6 Å². The quantitative estimate of drug-likeness (QED) is 0.746. The number of amides is 2. The SMILES string of the molecule is CNC(=O)CN(C)C(=O)COC(=O)c1cc2c(s1)-c1ccc(OC)cc1CC2. The Hall–Kier alpha value is -2.87. The van der Waals surface area contributed by atoms with E-state index in [-0.39, 0.29) is 12.5 Å². The van der Waals surface area contributed by atoms with Gasteiger partial charge < -0.3 is 19.7 Å². The van der Waals surface area contributed by atoms with Crippen molar-refractivity contribution in [3.05, 3.63) is 40.3 Å². The van der Waals surface area contributed by atoms with Crippen LogP contribution in [-0.4, -0.2) is 57.0 Å². The molecule has 0 saturated heterocycles. The Morgan fingerprint density at radius 3 is 2.64 bits per heavy atom. The lowest BCUT2D eigenvalue weighted by Crippen LogP contribution is -2.39. The van der Waals surface area contributed by atoms with Crippen LogP contribution in [0.3, 0.4) is 0 Å². The number of ether oxygens (including phenoxy) is 2. The maximum absolute atomic E-state index is 12.4. The van der Waals surface area contributed by atoms with E-state index in [1.54, 1.807) is 7.11 Å². The van der Waals surface area contributed by atoms with E-state index in [4.69, 9.17) is 9.47 Å². The number of rotatable bonds is 6. The van der Waals surface area contributed by atoms with Crippen molar-refractivity contribution in [3.8, 4) is 16.2 Å². The van der Waals surface area contributed by atoms with Crippen LogP contribution in [0.15, 0.2) is 24.3 Å². The van der Waals surface area contributed by atoms with Crippen LogP contribution in [0, 0.1) is 0 Å². The van der Waals surface area contributed by atoms with E-state index in [9.17, 15) is 14.4 Å². The molecular weight excluding hydrogens is 380 g/mol. The Kier molecular flexibility index (Phi) is 5.99. The fourth-order valence-corrected chi connectivity index (χ4v) is 4.19. The van der Waals surface area contributed by atoms with Crippen LogP contribution < -0.4 is 10.1 Å². The first kappa shape index (κ1) is 19.9. The highest BCUT2D eigenvalue weighted by molar-refractivity contribution is 7.17. The number of fused-ring (bicyclic) bond motifs is 3. The van der Waals surface area contributed by atoms with Gasteiger partial charge in [-0.1, -0.05) is 0 Å². The highest BCUT2D eigenvalue weighted by atomic mass is 32.1. The average Bonchev–Trinajstić information content (AvgIpc) is 3.15. The Labute approximate surface area is 167 Å². The van der Waals surface area contributed by atoms with Gasteiger partial charge in [-0.25, -0.2) is 4.79 Å². The standard InChI is InChI=1S/C20H22N2O5S/c1-21-17(23)10-22(2)18(24)11-27-20(25)16-9-13-5-4-12-8-14(26-3)6-7-15(12)19(13)28-16/h6-9H,4-5,10-11H2,1-3H3,(H,21,23). The molecule has 0 unspecified atom stereocenters. The molecular formula is C20H22N2O5S. The van der Waals surface area contributed by atoms with Gasteiger partial charge >= 0.3 is 5.97 Å². The topological polar surface area (TPSA) is 84.9 Å². The van der Waals surface area contributed by atoms with Crippen LogP contribution in [0.1, 0.15) is 20.8 Å². The molecule has 1 N–H and O–H groups in total. The maximum atomic E-state index is 12.4. The number of methoxy groups -OCH3 is 1. The van der Waals surface area contributed by atoms with Gasteiger partial charge in [0.15, 0.2) is 6.61 Å². The second kappa shape index (κ2) is 8.43. The minimum absolute atomic E-state index is 0.0829. The second-order valence-corrected chi connectivity index (χ2v) is 7.54. The number of hydrogen-bond donors (Lipinski definition) is 1. The summed E-state index contributed by atoms with van der Waals surface area (Å²) in [6.07, 6.45) is 1.72. The fraction of sp³-hybridized carbons (Fsp3) is 0.350. The van der Waals surface area contributed by atoms with Gasteiger partial charge in [-0.05, 0) is 53.8 Å². The zero-order chi connectivity index (χ0) is 20.3. The van der Waals surface area contributed by atoms with Crippen molar-refractivity contribution in [1.82, 2.24) is 10.2 Å². The number of nitrogens with zero attached hydrogens (tertiary/aromatic N) is 1. The summed E-state index contributed by atoms with van der Waals surface area (Å²) in [4.78, 5) is 38.5. The molecule has 7 nitrogen and oxygen atoms in total. The molecule has 1 aromatic carbocycles. The number of thiophene rings is 1. The van der Waals surface area contributed by atoms with E-state index >= 15 is 0 Å². The van der Waals surface area contributed by atoms with Gasteiger partial charge in [-0.2, -0.15) is 0 Å². The summed E-state index contributed by atoms with van der Waals surface area (Å²) in [7, 11) is 4.62. The zero-order valence-corrected chi connectivity index (χ0v) is 16.9. The Balaban J connectivity index is 1.67. The van der Waals surface area contributed by atoms with Gasteiger partial charge in [0.25, 0.3) is 5.91 Å². The summed E-state index contributed by atoms with van der Waals surface area (Å²) >= 11 is 1.37. The second-order valence-electron chi connectivity index (χ2n) is 6.49. The molecule has 0 spiro atoms. The normalized spacial score (nSPS) is 11.8. The van der Waals surface area contributed by atoms with Crippen LogP contribution in [-0.2, 0) is 27.2 Å². The lowest BCUT2D eigenvalue weighted by atomic mass is 9.91. The molecule has 8 heteroatoms. The minimum Gasteiger partial charge on any atom is -0.497 e. The number of likely N-dealkylation sites (N-methyl/N-ethyl adjacent to an activating group) is 2. The largest absolute Gasteiger partial charge is 0.497 e. The summed E-state index contributed by atoms with van der Waals surface area (Å²) < 4.78 is 10.4. The van der Waals surface area contributed by atoms with Crippen molar-refractivity contribution < 1.29 is 23.9 Å². The van der Waals surface area contributed by atoms with Gasteiger partial charge in [0.2, 0.25) is 5.91 Å². The summed E-state index contributed by atoms with van der Waals surface area (Å²) in [5.41, 5.74) is 3.41. The van der Waals surface area contributed by atoms with Crippen LogP contribution >= 0.6 is 11.3 Å². The first-order valence-corrected chi connectivity index (χ1v) is 9.66. The van der Waals surface area contributed by atoms with E-state index in [1.807, 2.05) is 24.3 Å². The minimum atomic E-state index is -0.531. The van der Waals surface area contributed by atoms with E-state index in [2.05, 4.69) is 5.32 Å². The van der Waals surface area contributed by atoms with Crippen molar-refractivity contribution in [2.75, 3.05) is 34.4 Å². The Bertz CT molecular complexity index is 921. The van der Waals surface area contributed by atoms with E-state index in [0.29, 0.717) is 4.88 Å². The number of aryl methyl sites for hydroxylation is 2. The third-order valence-corrected chi connectivity index (χ3v) is 5.83. The number of hydrogen-bond acceptors (Lipinski definition) is 6. The monoisotopic (exact) mass is 402 g/mol. The molecule has 1 heterocycles. The smallest absolute Gasteiger partial charge is 0.348 e. The number of esters is 1. The zero-order valence-electron chi connectivity index (χ0n) is 16.0. The third kappa shape index (κ3) is 4.17. The molecule has 3 rings (SSSR count). The number of benzene rings is 1. The fourth-order valence-electron chi connectivity index (χ4n) is 3.03. The summed E-state index contributed by atoms with van der Waals surface area (Å²) in [6.45, 7) is -0.483. The van der Waals surface area contributed by atoms with Crippen LogP contribution in [0.5, 0.6) is 5.75 Å². The highest BCUT2D eigenvalue weighted by Crippen LogP contribution is 2.40. The molecule has 1 aromatic heterocycles. The molecule has 1 aliphatic rings. The van der Waals surface area contributed by atoms with Crippen molar-refractivity contribution in [2.24, 2.45) is 0 Å². The summed E-state index contributed by atoms with van der Waals surface area (Å²) in [6, 6.07) is 7.78. The number of carbonyl (C=O) groups excluding carboxylic acids is 3. The summed E-state index contributed by atoms with van der Waals surface area (Å²) in [5, 5.41) is 2.44. The van der Waals surface area contributed by atoms with Gasteiger partial charge in [0, 0.05) is 19.0 Å². The molecule has 1 aliphatic carbocycles. The molecule has 0 saturated carbocycles.